The SMILES string of the molecule is Cc1nc(NCC(C)(C)N)cc(N2CCOCC2)n1. The zero-order chi connectivity index (χ0) is 13.9. The maximum Gasteiger partial charge on any atom is 0.134 e. The van der Waals surface area contributed by atoms with Crippen LogP contribution in [0.1, 0.15) is 19.7 Å². The van der Waals surface area contributed by atoms with Crippen LogP contribution in [-0.4, -0.2) is 48.4 Å². The number of rotatable bonds is 4. The lowest BCUT2D eigenvalue weighted by Crippen LogP contribution is -2.40. The molecule has 2 heterocycles. The molecule has 3 N–H and O–H groups in total. The number of nitrogens with two attached hydrogens (primary N) is 1. The highest BCUT2D eigenvalue weighted by atomic mass is 16.5. The molecule has 1 aliphatic heterocycles. The first kappa shape index (κ1) is 14.0. The van der Waals surface area contributed by atoms with E-state index in [-0.39, 0.29) is 5.54 Å². The standard InChI is InChI=1S/C13H23N5O/c1-10-16-11(15-9-13(2,3)14)8-12(17-10)18-4-6-19-7-5-18/h8H,4-7,9,14H2,1-3H3,(H,15,16,17). The summed E-state index contributed by atoms with van der Waals surface area (Å²) in [6.45, 7) is 9.79. The Hall–Kier alpha value is -1.40. The summed E-state index contributed by atoms with van der Waals surface area (Å²) in [5.41, 5.74) is 5.70. The predicted molar refractivity (Wildman–Crippen MR) is 76.6 cm³/mol. The van der Waals surface area contributed by atoms with Crippen molar-refractivity contribution in [2.45, 2.75) is 26.3 Å². The minimum Gasteiger partial charge on any atom is -0.378 e. The van der Waals surface area contributed by atoms with Crippen LogP contribution in [0.5, 0.6) is 0 Å². The van der Waals surface area contributed by atoms with Gasteiger partial charge < -0.3 is 20.7 Å². The van der Waals surface area contributed by atoms with Gasteiger partial charge in [-0.15, -0.1) is 0 Å². The Morgan fingerprint density at radius 3 is 2.68 bits per heavy atom. The topological polar surface area (TPSA) is 76.3 Å². The highest BCUT2D eigenvalue weighted by molar-refractivity contribution is 5.49. The molecule has 0 atom stereocenters. The second kappa shape index (κ2) is 5.71. The molecule has 1 aliphatic rings. The number of aromatic nitrogens is 2. The number of nitrogens with one attached hydrogen (secondary N) is 1. The van der Waals surface area contributed by atoms with Crippen molar-refractivity contribution in [3.05, 3.63) is 11.9 Å². The number of ether oxygens (including phenoxy) is 1. The molecule has 106 valence electrons. The fraction of sp³-hybridized carbons (Fsp3) is 0.692. The van der Waals surface area contributed by atoms with E-state index in [1.54, 1.807) is 0 Å². The van der Waals surface area contributed by atoms with Gasteiger partial charge in [-0.05, 0) is 20.8 Å². The van der Waals surface area contributed by atoms with Crippen LogP contribution >= 0.6 is 0 Å². The van der Waals surface area contributed by atoms with E-state index in [4.69, 9.17) is 10.5 Å². The van der Waals surface area contributed by atoms with Crippen LogP contribution in [0.25, 0.3) is 0 Å². The van der Waals surface area contributed by atoms with Gasteiger partial charge in [0, 0.05) is 31.2 Å². The van der Waals surface area contributed by atoms with Gasteiger partial charge in [0.2, 0.25) is 0 Å². The molecule has 0 amide bonds. The fourth-order valence-electron chi connectivity index (χ4n) is 1.92. The summed E-state index contributed by atoms with van der Waals surface area (Å²) in [7, 11) is 0. The van der Waals surface area contributed by atoms with E-state index < -0.39 is 0 Å². The minimum atomic E-state index is -0.266. The van der Waals surface area contributed by atoms with Crippen LogP contribution in [0.2, 0.25) is 0 Å². The van der Waals surface area contributed by atoms with Gasteiger partial charge in [0.15, 0.2) is 0 Å². The summed E-state index contributed by atoms with van der Waals surface area (Å²) in [5, 5.41) is 3.27. The van der Waals surface area contributed by atoms with Crippen molar-refractivity contribution in [3.8, 4) is 0 Å². The van der Waals surface area contributed by atoms with Crippen molar-refractivity contribution in [3.63, 3.8) is 0 Å². The molecule has 0 spiro atoms. The van der Waals surface area contributed by atoms with Gasteiger partial charge in [0.25, 0.3) is 0 Å². The molecular weight excluding hydrogens is 242 g/mol. The summed E-state index contributed by atoms with van der Waals surface area (Å²) < 4.78 is 5.36. The van der Waals surface area contributed by atoms with Crippen molar-refractivity contribution >= 4 is 11.6 Å². The average molecular weight is 265 g/mol. The monoisotopic (exact) mass is 265 g/mol. The Labute approximate surface area is 114 Å². The van der Waals surface area contributed by atoms with E-state index in [1.165, 1.54) is 0 Å². The second-order valence-corrected chi connectivity index (χ2v) is 5.60. The third kappa shape index (κ3) is 4.33. The molecule has 6 heteroatoms. The fourth-order valence-corrected chi connectivity index (χ4v) is 1.92. The molecular formula is C13H23N5O. The normalized spacial score (nSPS) is 16.5. The van der Waals surface area contributed by atoms with Crippen LogP contribution in [0.15, 0.2) is 6.07 Å². The first-order valence-electron chi connectivity index (χ1n) is 6.65. The molecule has 1 aromatic rings. The Balaban J connectivity index is 2.10. The van der Waals surface area contributed by atoms with Crippen molar-refractivity contribution < 1.29 is 4.74 Å². The van der Waals surface area contributed by atoms with Gasteiger partial charge in [0.05, 0.1) is 13.2 Å². The molecule has 0 aromatic carbocycles. The largest absolute Gasteiger partial charge is 0.378 e. The maximum absolute atomic E-state index is 5.97. The number of morpholine rings is 1. The zero-order valence-corrected chi connectivity index (χ0v) is 11.9. The Kier molecular flexibility index (Phi) is 4.21. The number of aryl methyl sites for hydroxylation is 1. The summed E-state index contributed by atoms with van der Waals surface area (Å²) in [4.78, 5) is 11.1. The molecule has 0 saturated carbocycles. The van der Waals surface area contributed by atoms with Gasteiger partial charge in [-0.25, -0.2) is 9.97 Å². The molecule has 0 unspecified atom stereocenters. The van der Waals surface area contributed by atoms with Crippen LogP contribution in [0.4, 0.5) is 11.6 Å². The predicted octanol–water partition coefficient (Wildman–Crippen LogP) is 0.771. The van der Waals surface area contributed by atoms with Crippen LogP contribution in [-0.2, 0) is 4.74 Å². The first-order valence-corrected chi connectivity index (χ1v) is 6.65. The number of hydrogen-bond acceptors (Lipinski definition) is 6. The quantitative estimate of drug-likeness (QED) is 0.837. The summed E-state index contributed by atoms with van der Waals surface area (Å²) in [5.74, 6) is 2.54. The van der Waals surface area contributed by atoms with Crippen molar-refractivity contribution in [2.24, 2.45) is 5.73 Å². The van der Waals surface area contributed by atoms with Gasteiger partial charge in [-0.1, -0.05) is 0 Å². The Morgan fingerprint density at radius 2 is 2.05 bits per heavy atom. The number of nitrogens with zero attached hydrogens (tertiary/aromatic N) is 3. The van der Waals surface area contributed by atoms with Gasteiger partial charge in [-0.2, -0.15) is 0 Å². The number of anilines is 2. The third-order valence-corrected chi connectivity index (χ3v) is 2.88. The van der Waals surface area contributed by atoms with Crippen molar-refractivity contribution in [2.75, 3.05) is 43.1 Å². The highest BCUT2D eigenvalue weighted by Gasteiger charge is 2.15. The van der Waals surface area contributed by atoms with Crippen LogP contribution in [0, 0.1) is 6.92 Å². The lowest BCUT2D eigenvalue weighted by atomic mass is 10.1. The van der Waals surface area contributed by atoms with E-state index in [1.807, 2.05) is 26.8 Å². The maximum atomic E-state index is 5.97. The molecule has 19 heavy (non-hydrogen) atoms. The smallest absolute Gasteiger partial charge is 0.134 e. The lowest BCUT2D eigenvalue weighted by molar-refractivity contribution is 0.122. The average Bonchev–Trinajstić information content (AvgIpc) is 2.36. The van der Waals surface area contributed by atoms with E-state index in [0.717, 1.165) is 43.8 Å². The molecule has 2 rings (SSSR count). The van der Waals surface area contributed by atoms with Gasteiger partial charge in [0.1, 0.15) is 17.5 Å². The molecule has 0 radical (unpaired) electrons. The molecule has 1 saturated heterocycles. The number of hydrogen-bond donors (Lipinski definition) is 2. The van der Waals surface area contributed by atoms with Crippen LogP contribution in [0.3, 0.4) is 0 Å². The van der Waals surface area contributed by atoms with Crippen LogP contribution < -0.4 is 16.0 Å². The first-order chi connectivity index (χ1) is 8.94. The second-order valence-electron chi connectivity index (χ2n) is 5.60. The van der Waals surface area contributed by atoms with Gasteiger partial charge in [-0.3, -0.25) is 0 Å². The Bertz CT molecular complexity index is 424. The molecule has 1 aromatic heterocycles. The van der Waals surface area contributed by atoms with E-state index in [9.17, 15) is 0 Å². The summed E-state index contributed by atoms with van der Waals surface area (Å²) in [6.07, 6.45) is 0. The van der Waals surface area contributed by atoms with E-state index >= 15 is 0 Å². The minimum absolute atomic E-state index is 0.266. The molecule has 0 aliphatic carbocycles. The molecule has 6 nitrogen and oxygen atoms in total. The molecule has 0 bridgehead atoms. The lowest BCUT2D eigenvalue weighted by Gasteiger charge is -2.28. The highest BCUT2D eigenvalue weighted by Crippen LogP contribution is 2.17. The molecule has 1 fully saturated rings. The summed E-state index contributed by atoms with van der Waals surface area (Å²) >= 11 is 0. The van der Waals surface area contributed by atoms with E-state index in [2.05, 4.69) is 20.2 Å². The van der Waals surface area contributed by atoms with Crippen molar-refractivity contribution in [1.82, 2.24) is 9.97 Å². The summed E-state index contributed by atoms with van der Waals surface area (Å²) in [6, 6.07) is 1.98. The van der Waals surface area contributed by atoms with E-state index in [0.29, 0.717) is 6.54 Å². The zero-order valence-electron chi connectivity index (χ0n) is 11.9. The van der Waals surface area contributed by atoms with Crippen molar-refractivity contribution in [1.29, 1.82) is 0 Å². The Morgan fingerprint density at radius 1 is 1.37 bits per heavy atom. The van der Waals surface area contributed by atoms with Gasteiger partial charge >= 0.3 is 0 Å². The third-order valence-electron chi connectivity index (χ3n) is 2.88.